The number of hydrogen-bond donors (Lipinski definition) is 1. The topological polar surface area (TPSA) is 81.4 Å². The number of carbonyl (C=O) groups is 2. The molecule has 1 heterocycles. The van der Waals surface area contributed by atoms with Gasteiger partial charge in [0.2, 0.25) is 0 Å². The molecule has 0 saturated carbocycles. The SMILES string of the molecule is CCOC(=O)c1cnn(-c2cc(Cl)ccc2C(=O)O)c1. The molecule has 0 aliphatic rings. The van der Waals surface area contributed by atoms with Crippen LogP contribution in [0.5, 0.6) is 0 Å². The van der Waals surface area contributed by atoms with Crippen LogP contribution in [0.3, 0.4) is 0 Å². The summed E-state index contributed by atoms with van der Waals surface area (Å²) in [5.41, 5.74) is 0.552. The largest absolute Gasteiger partial charge is 0.478 e. The zero-order valence-corrected chi connectivity index (χ0v) is 11.3. The van der Waals surface area contributed by atoms with Crippen LogP contribution in [0, 0.1) is 0 Å². The molecule has 7 heteroatoms. The molecule has 104 valence electrons. The highest BCUT2D eigenvalue weighted by Crippen LogP contribution is 2.20. The first-order chi connectivity index (χ1) is 9.52. The third-order valence-electron chi connectivity index (χ3n) is 2.53. The van der Waals surface area contributed by atoms with Crippen molar-refractivity contribution in [2.24, 2.45) is 0 Å². The lowest BCUT2D eigenvalue weighted by Crippen LogP contribution is -2.06. The molecule has 2 aromatic rings. The number of aromatic carboxylic acids is 1. The molecule has 0 bridgehead atoms. The standard InChI is InChI=1S/C13H11ClN2O4/c1-2-20-13(19)8-6-15-16(7-8)11-5-9(14)3-4-10(11)12(17)18/h3-7H,2H2,1H3,(H,17,18). The molecule has 1 aromatic heterocycles. The third-order valence-corrected chi connectivity index (χ3v) is 2.77. The first-order valence-corrected chi connectivity index (χ1v) is 6.15. The summed E-state index contributed by atoms with van der Waals surface area (Å²) in [6, 6.07) is 4.32. The van der Waals surface area contributed by atoms with E-state index in [2.05, 4.69) is 5.10 Å². The average Bonchev–Trinajstić information content (AvgIpc) is 2.88. The maximum atomic E-state index is 11.6. The number of esters is 1. The van der Waals surface area contributed by atoms with Gasteiger partial charge in [-0.05, 0) is 25.1 Å². The number of hydrogen-bond acceptors (Lipinski definition) is 4. The van der Waals surface area contributed by atoms with Gasteiger partial charge in [0.15, 0.2) is 0 Å². The van der Waals surface area contributed by atoms with Crippen LogP contribution in [0.15, 0.2) is 30.6 Å². The predicted molar refractivity (Wildman–Crippen MR) is 71.5 cm³/mol. The lowest BCUT2D eigenvalue weighted by atomic mass is 10.2. The van der Waals surface area contributed by atoms with Crippen molar-refractivity contribution in [3.05, 3.63) is 46.7 Å². The van der Waals surface area contributed by atoms with Crippen LogP contribution in [0.4, 0.5) is 0 Å². The Morgan fingerprint density at radius 1 is 1.45 bits per heavy atom. The molecule has 0 atom stereocenters. The highest BCUT2D eigenvalue weighted by molar-refractivity contribution is 6.30. The summed E-state index contributed by atoms with van der Waals surface area (Å²) in [6.07, 6.45) is 2.71. The van der Waals surface area contributed by atoms with Gasteiger partial charge in [0, 0.05) is 11.2 Å². The minimum atomic E-state index is -1.11. The summed E-state index contributed by atoms with van der Waals surface area (Å²) < 4.78 is 6.12. The molecule has 2 rings (SSSR count). The number of halogens is 1. The van der Waals surface area contributed by atoms with E-state index >= 15 is 0 Å². The first-order valence-electron chi connectivity index (χ1n) is 5.78. The molecule has 6 nitrogen and oxygen atoms in total. The second kappa shape index (κ2) is 5.75. The minimum Gasteiger partial charge on any atom is -0.478 e. The number of aromatic nitrogens is 2. The lowest BCUT2D eigenvalue weighted by Gasteiger charge is -2.06. The van der Waals surface area contributed by atoms with E-state index in [4.69, 9.17) is 21.4 Å². The summed E-state index contributed by atoms with van der Waals surface area (Å²) in [7, 11) is 0. The fraction of sp³-hybridized carbons (Fsp3) is 0.154. The zero-order chi connectivity index (χ0) is 14.7. The summed E-state index contributed by atoms with van der Waals surface area (Å²) >= 11 is 5.86. The van der Waals surface area contributed by atoms with Crippen LogP contribution < -0.4 is 0 Å². The first kappa shape index (κ1) is 14.1. The summed E-state index contributed by atoms with van der Waals surface area (Å²) in [5, 5.41) is 13.5. The van der Waals surface area contributed by atoms with E-state index in [1.165, 1.54) is 35.3 Å². The summed E-state index contributed by atoms with van der Waals surface area (Å²) in [5.74, 6) is -1.62. The van der Waals surface area contributed by atoms with Gasteiger partial charge in [-0.3, -0.25) is 0 Å². The van der Waals surface area contributed by atoms with Crippen molar-refractivity contribution in [3.63, 3.8) is 0 Å². The van der Waals surface area contributed by atoms with Gasteiger partial charge >= 0.3 is 11.9 Å². The molecular weight excluding hydrogens is 284 g/mol. The molecule has 0 saturated heterocycles. The normalized spacial score (nSPS) is 10.3. The van der Waals surface area contributed by atoms with Gasteiger partial charge in [-0.15, -0.1) is 0 Å². The summed E-state index contributed by atoms with van der Waals surface area (Å²) in [6.45, 7) is 1.95. The van der Waals surface area contributed by atoms with Crippen molar-refractivity contribution in [3.8, 4) is 5.69 Å². The van der Waals surface area contributed by atoms with Crippen molar-refractivity contribution >= 4 is 23.5 Å². The molecular formula is C13H11ClN2O4. The number of nitrogens with zero attached hydrogens (tertiary/aromatic N) is 2. The molecule has 0 fully saturated rings. The van der Waals surface area contributed by atoms with Crippen LogP contribution in [0.1, 0.15) is 27.6 Å². The van der Waals surface area contributed by atoms with Gasteiger partial charge in [-0.1, -0.05) is 11.6 Å². The van der Waals surface area contributed by atoms with Crippen molar-refractivity contribution in [2.75, 3.05) is 6.61 Å². The predicted octanol–water partition coefficient (Wildman–Crippen LogP) is 2.40. The Labute approximate surface area is 119 Å². The van der Waals surface area contributed by atoms with Gasteiger partial charge < -0.3 is 9.84 Å². The second-order valence-corrected chi connectivity index (χ2v) is 4.30. The van der Waals surface area contributed by atoms with E-state index < -0.39 is 11.9 Å². The zero-order valence-electron chi connectivity index (χ0n) is 10.5. The number of carbonyl (C=O) groups excluding carboxylic acids is 1. The fourth-order valence-corrected chi connectivity index (χ4v) is 1.82. The van der Waals surface area contributed by atoms with Crippen LogP contribution in [-0.2, 0) is 4.74 Å². The number of ether oxygens (including phenoxy) is 1. The molecule has 0 amide bonds. The molecule has 0 aliphatic heterocycles. The summed E-state index contributed by atoms with van der Waals surface area (Å²) in [4.78, 5) is 22.7. The van der Waals surface area contributed by atoms with E-state index in [0.717, 1.165) is 0 Å². The van der Waals surface area contributed by atoms with Crippen LogP contribution in [-0.4, -0.2) is 33.4 Å². The maximum absolute atomic E-state index is 11.6. The van der Waals surface area contributed by atoms with Gasteiger partial charge in [0.1, 0.15) is 0 Å². The number of carboxylic acids is 1. The Balaban J connectivity index is 2.44. The van der Waals surface area contributed by atoms with E-state index in [9.17, 15) is 9.59 Å². The number of benzene rings is 1. The number of carboxylic acid groups (broad SMARTS) is 1. The van der Waals surface area contributed by atoms with Crippen LogP contribution in [0.25, 0.3) is 5.69 Å². The van der Waals surface area contributed by atoms with Crippen molar-refractivity contribution < 1.29 is 19.4 Å². The van der Waals surface area contributed by atoms with Crippen molar-refractivity contribution in [1.29, 1.82) is 0 Å². The monoisotopic (exact) mass is 294 g/mol. The van der Waals surface area contributed by atoms with Gasteiger partial charge in [-0.25, -0.2) is 14.3 Å². The van der Waals surface area contributed by atoms with Gasteiger partial charge in [0.05, 0.1) is 29.6 Å². The van der Waals surface area contributed by atoms with Crippen LogP contribution >= 0.6 is 11.6 Å². The van der Waals surface area contributed by atoms with E-state index in [-0.39, 0.29) is 23.4 Å². The molecule has 0 aliphatic carbocycles. The minimum absolute atomic E-state index is 0.0351. The Morgan fingerprint density at radius 3 is 2.85 bits per heavy atom. The van der Waals surface area contributed by atoms with E-state index in [0.29, 0.717) is 5.02 Å². The molecule has 20 heavy (non-hydrogen) atoms. The highest BCUT2D eigenvalue weighted by Gasteiger charge is 2.15. The van der Waals surface area contributed by atoms with Gasteiger partial charge in [0.25, 0.3) is 0 Å². The second-order valence-electron chi connectivity index (χ2n) is 3.86. The highest BCUT2D eigenvalue weighted by atomic mass is 35.5. The van der Waals surface area contributed by atoms with Crippen LogP contribution in [0.2, 0.25) is 5.02 Å². The number of rotatable bonds is 4. The Morgan fingerprint density at radius 2 is 2.20 bits per heavy atom. The Bertz CT molecular complexity index is 666. The smallest absolute Gasteiger partial charge is 0.341 e. The van der Waals surface area contributed by atoms with E-state index in [1.807, 2.05) is 0 Å². The maximum Gasteiger partial charge on any atom is 0.341 e. The lowest BCUT2D eigenvalue weighted by molar-refractivity contribution is 0.0526. The van der Waals surface area contributed by atoms with Crippen molar-refractivity contribution in [1.82, 2.24) is 9.78 Å². The average molecular weight is 295 g/mol. The van der Waals surface area contributed by atoms with Gasteiger partial charge in [-0.2, -0.15) is 5.10 Å². The Kier molecular flexibility index (Phi) is 4.05. The third kappa shape index (κ3) is 2.80. The fourth-order valence-electron chi connectivity index (χ4n) is 1.65. The van der Waals surface area contributed by atoms with Crippen molar-refractivity contribution in [2.45, 2.75) is 6.92 Å². The molecule has 1 N–H and O–H groups in total. The molecule has 1 aromatic carbocycles. The van der Waals surface area contributed by atoms with E-state index in [1.54, 1.807) is 6.92 Å². The quantitative estimate of drug-likeness (QED) is 0.876. The molecule has 0 unspecified atom stereocenters. The Hall–Kier alpha value is -2.34. The molecule has 0 radical (unpaired) electrons. The molecule has 0 spiro atoms.